The minimum atomic E-state index is 0.627. The fourth-order valence-electron chi connectivity index (χ4n) is 10.9. The van der Waals surface area contributed by atoms with Crippen LogP contribution in [0.5, 0.6) is 0 Å². The minimum absolute atomic E-state index is 0.627. The largest absolute Gasteiger partial charge is 0.308 e. The monoisotopic (exact) mass is 912 g/mol. The maximum absolute atomic E-state index is 5.37. The van der Waals surface area contributed by atoms with Gasteiger partial charge in [-0.2, -0.15) is 0 Å². The van der Waals surface area contributed by atoms with Crippen molar-refractivity contribution in [2.24, 2.45) is 0 Å². The molecule has 0 radical (unpaired) electrons. The topological polar surface area (TPSA) is 43.1 Å². The summed E-state index contributed by atoms with van der Waals surface area (Å²) in [4.78, 5) is 16.1. The van der Waals surface area contributed by atoms with E-state index in [1.807, 2.05) is 11.3 Å². The lowest BCUT2D eigenvalue weighted by molar-refractivity contribution is 1.08. The molecule has 6 heteroatoms. The summed E-state index contributed by atoms with van der Waals surface area (Å²) >= 11 is 3.68. The lowest BCUT2D eigenvalue weighted by Crippen LogP contribution is -2.01. The zero-order valence-corrected chi connectivity index (χ0v) is 38.5. The summed E-state index contributed by atoms with van der Waals surface area (Å²) in [5.74, 6) is 1.90. The number of fused-ring (bicyclic) bond motifs is 9. The van der Waals surface area contributed by atoms with Crippen LogP contribution in [0.2, 0.25) is 0 Å². The highest BCUT2D eigenvalue weighted by molar-refractivity contribution is 7.26. The van der Waals surface area contributed by atoms with Gasteiger partial charge in [0.25, 0.3) is 0 Å². The van der Waals surface area contributed by atoms with Crippen molar-refractivity contribution in [3.8, 4) is 67.5 Å². The molecule has 0 saturated heterocycles. The van der Waals surface area contributed by atoms with Gasteiger partial charge in [0.2, 0.25) is 0 Å². The molecule has 0 unspecified atom stereocenters. The Labute approximate surface area is 404 Å². The average molecular weight is 913 g/mol. The van der Waals surface area contributed by atoms with E-state index in [-0.39, 0.29) is 0 Å². The normalized spacial score (nSPS) is 12.1. The molecule has 0 fully saturated rings. The van der Waals surface area contributed by atoms with Crippen LogP contribution in [0, 0.1) is 0 Å². The standard InChI is InChI=1S/C63H36N4S2/c1-3-14-37(15-4-1)41-34-42(38-16-5-2-6-17-38)36-43(35-41)62-64-61(65-63(66-62)50-23-11-22-48-46-19-8-10-26-53(46)69-60(48)50)40-30-28-39(29-31-40)44-20-12-25-52-56(44)49-32-33-55-58-57-47(21-13-27-54(57)68-55)45-18-7-9-24-51(45)67(52)59(49)58/h1-36H. The van der Waals surface area contributed by atoms with E-state index in [0.29, 0.717) is 17.5 Å². The number of rotatable bonds is 6. The number of benzene rings is 10. The second kappa shape index (κ2) is 15.0. The third-order valence-corrected chi connectivity index (χ3v) is 16.3. The van der Waals surface area contributed by atoms with Gasteiger partial charge in [0.05, 0.1) is 16.6 Å². The number of nitrogens with zero attached hydrogens (tertiary/aromatic N) is 4. The van der Waals surface area contributed by atoms with Crippen LogP contribution in [0.15, 0.2) is 218 Å². The molecular weight excluding hydrogens is 877 g/mol. The van der Waals surface area contributed by atoms with Gasteiger partial charge in [0.15, 0.2) is 17.5 Å². The van der Waals surface area contributed by atoms with E-state index in [0.717, 1.165) is 44.5 Å². The van der Waals surface area contributed by atoms with Crippen molar-refractivity contribution < 1.29 is 0 Å². The number of aromatic nitrogens is 4. The third-order valence-electron chi connectivity index (χ3n) is 14.0. The van der Waals surface area contributed by atoms with Gasteiger partial charge in [-0.15, -0.1) is 22.7 Å². The first-order chi connectivity index (χ1) is 34.2. The van der Waals surface area contributed by atoms with Crippen molar-refractivity contribution in [1.82, 2.24) is 19.4 Å². The molecule has 0 aliphatic rings. The van der Waals surface area contributed by atoms with Crippen LogP contribution >= 0.6 is 22.7 Å². The van der Waals surface area contributed by atoms with Crippen LogP contribution in [0.25, 0.3) is 146 Å². The molecule has 0 atom stereocenters. The maximum Gasteiger partial charge on any atom is 0.165 e. The Hall–Kier alpha value is -8.55. The van der Waals surface area contributed by atoms with Crippen molar-refractivity contribution in [3.05, 3.63) is 218 Å². The van der Waals surface area contributed by atoms with Gasteiger partial charge in [0, 0.05) is 73.2 Å². The van der Waals surface area contributed by atoms with Crippen molar-refractivity contribution in [3.63, 3.8) is 0 Å². The predicted octanol–water partition coefficient (Wildman–Crippen LogP) is 17.8. The Morgan fingerprint density at radius 2 is 0.855 bits per heavy atom. The fourth-order valence-corrected chi connectivity index (χ4v) is 13.2. The summed E-state index contributed by atoms with van der Waals surface area (Å²) in [7, 11) is 0. The van der Waals surface area contributed by atoms with Crippen molar-refractivity contribution in [2.75, 3.05) is 0 Å². The van der Waals surface area contributed by atoms with Crippen molar-refractivity contribution in [1.29, 1.82) is 0 Å². The molecule has 15 aromatic rings. The SMILES string of the molecule is c1ccc(-c2cc(-c3ccccc3)cc(-c3nc(-c4ccc(-c5cccc6c5c5ccc7sc8cccc9c%10ccccc%10n6c5c7c89)cc4)nc(-c4cccc5c4sc4ccccc45)n3)c2)cc1. The molecule has 0 spiro atoms. The summed E-state index contributed by atoms with van der Waals surface area (Å²) in [6.45, 7) is 0. The third kappa shape index (κ3) is 5.89. The molecule has 0 saturated carbocycles. The second-order valence-electron chi connectivity index (χ2n) is 17.9. The quantitative estimate of drug-likeness (QED) is 0.167. The van der Waals surface area contributed by atoms with Crippen LogP contribution in [0.4, 0.5) is 0 Å². The molecule has 5 heterocycles. The number of thiophene rings is 2. The molecule has 4 nitrogen and oxygen atoms in total. The van der Waals surface area contributed by atoms with Crippen LogP contribution in [-0.4, -0.2) is 19.4 Å². The van der Waals surface area contributed by atoms with Crippen LogP contribution < -0.4 is 0 Å². The zero-order chi connectivity index (χ0) is 45.2. The van der Waals surface area contributed by atoms with E-state index in [4.69, 9.17) is 15.0 Å². The minimum Gasteiger partial charge on any atom is -0.308 e. The summed E-state index contributed by atoms with van der Waals surface area (Å²) in [5.41, 5.74) is 13.3. The van der Waals surface area contributed by atoms with Gasteiger partial charge >= 0.3 is 0 Å². The van der Waals surface area contributed by atoms with E-state index in [2.05, 4.69) is 223 Å². The van der Waals surface area contributed by atoms with Crippen LogP contribution in [0.3, 0.4) is 0 Å². The van der Waals surface area contributed by atoms with E-state index >= 15 is 0 Å². The summed E-state index contributed by atoms with van der Waals surface area (Å²) in [6, 6.07) is 78.9. The molecule has 0 amide bonds. The Morgan fingerprint density at radius 3 is 1.65 bits per heavy atom. The molecule has 10 aromatic carbocycles. The smallest absolute Gasteiger partial charge is 0.165 e. The fraction of sp³-hybridized carbons (Fsp3) is 0. The summed E-state index contributed by atoms with van der Waals surface area (Å²) in [6.07, 6.45) is 0. The number of hydrogen-bond donors (Lipinski definition) is 0. The van der Waals surface area contributed by atoms with E-state index < -0.39 is 0 Å². The lowest BCUT2D eigenvalue weighted by Gasteiger charge is -2.13. The average Bonchev–Trinajstić information content (AvgIpc) is 4.08. The molecule has 320 valence electrons. The molecular formula is C63H36N4S2. The van der Waals surface area contributed by atoms with Gasteiger partial charge < -0.3 is 4.40 Å². The Morgan fingerprint density at radius 1 is 0.290 bits per heavy atom. The van der Waals surface area contributed by atoms with Crippen molar-refractivity contribution >= 4 is 101 Å². The van der Waals surface area contributed by atoms with E-state index in [9.17, 15) is 0 Å². The highest BCUT2D eigenvalue weighted by atomic mass is 32.1. The maximum atomic E-state index is 5.37. The van der Waals surface area contributed by atoms with Crippen LogP contribution in [-0.2, 0) is 0 Å². The van der Waals surface area contributed by atoms with Crippen molar-refractivity contribution in [2.45, 2.75) is 0 Å². The Kier molecular flexibility index (Phi) is 8.37. The van der Waals surface area contributed by atoms with E-state index in [1.165, 1.54) is 84.0 Å². The van der Waals surface area contributed by atoms with Gasteiger partial charge in [-0.3, -0.25) is 0 Å². The summed E-state index contributed by atoms with van der Waals surface area (Å²) < 4.78 is 7.57. The molecule has 0 N–H and O–H groups in total. The molecule has 0 aliphatic heterocycles. The Bertz CT molecular complexity index is 4460. The molecule has 0 aliphatic carbocycles. The van der Waals surface area contributed by atoms with Gasteiger partial charge in [0.1, 0.15) is 0 Å². The highest BCUT2D eigenvalue weighted by Crippen LogP contribution is 2.48. The molecule has 0 bridgehead atoms. The molecule has 5 aromatic heterocycles. The predicted molar refractivity (Wildman–Crippen MR) is 293 cm³/mol. The van der Waals surface area contributed by atoms with Crippen LogP contribution in [0.1, 0.15) is 0 Å². The summed E-state index contributed by atoms with van der Waals surface area (Å²) in [5, 5.41) is 10.2. The number of para-hydroxylation sites is 1. The molecule has 15 rings (SSSR count). The number of hydrogen-bond acceptors (Lipinski definition) is 5. The first-order valence-electron chi connectivity index (χ1n) is 23.3. The van der Waals surface area contributed by atoms with Gasteiger partial charge in [-0.05, 0) is 93.4 Å². The van der Waals surface area contributed by atoms with Gasteiger partial charge in [-0.1, -0.05) is 164 Å². The molecule has 69 heavy (non-hydrogen) atoms. The first-order valence-corrected chi connectivity index (χ1v) is 24.9. The van der Waals surface area contributed by atoms with Gasteiger partial charge in [-0.25, -0.2) is 15.0 Å². The first kappa shape index (κ1) is 38.5. The second-order valence-corrected chi connectivity index (χ2v) is 20.0. The van der Waals surface area contributed by atoms with E-state index in [1.54, 1.807) is 11.3 Å². The lowest BCUT2D eigenvalue weighted by atomic mass is 9.95. The highest BCUT2D eigenvalue weighted by Gasteiger charge is 2.23. The zero-order valence-electron chi connectivity index (χ0n) is 36.9. The Balaban J connectivity index is 0.934.